The Kier molecular flexibility index (Phi) is 5.71. The summed E-state index contributed by atoms with van der Waals surface area (Å²) in [6, 6.07) is 7.71. The SMILES string of the molecule is COC1CN(c2cc3c(cn2)C(=O)N(Cc2ccc4c(c2)CCN(C(=O)C(F)(F)F)CC4)C3)C1. The second-order valence-electron chi connectivity index (χ2n) is 9.02. The molecular weight excluding hydrogens is 449 g/mol. The quantitative estimate of drug-likeness (QED) is 0.682. The molecule has 10 heteroatoms. The van der Waals surface area contributed by atoms with Gasteiger partial charge in [-0.2, -0.15) is 13.2 Å². The van der Waals surface area contributed by atoms with E-state index >= 15 is 0 Å². The van der Waals surface area contributed by atoms with Gasteiger partial charge >= 0.3 is 12.1 Å². The summed E-state index contributed by atoms with van der Waals surface area (Å²) in [5.41, 5.74) is 4.31. The van der Waals surface area contributed by atoms with Crippen LogP contribution in [0.25, 0.3) is 0 Å². The number of carbonyl (C=O) groups is 2. The number of hydrogen-bond donors (Lipinski definition) is 0. The average Bonchev–Trinajstić information content (AvgIpc) is 2.93. The maximum Gasteiger partial charge on any atom is 0.471 e. The van der Waals surface area contributed by atoms with Crippen molar-refractivity contribution in [2.75, 3.05) is 38.2 Å². The van der Waals surface area contributed by atoms with E-state index in [4.69, 9.17) is 4.74 Å². The third kappa shape index (κ3) is 4.22. The number of alkyl halides is 3. The summed E-state index contributed by atoms with van der Waals surface area (Å²) >= 11 is 0. The Balaban J connectivity index is 1.25. The maximum atomic E-state index is 12.9. The number of benzene rings is 1. The second-order valence-corrected chi connectivity index (χ2v) is 9.02. The molecule has 5 rings (SSSR count). The number of hydrogen-bond acceptors (Lipinski definition) is 5. The fourth-order valence-corrected chi connectivity index (χ4v) is 4.81. The fourth-order valence-electron chi connectivity index (χ4n) is 4.81. The molecule has 1 fully saturated rings. The van der Waals surface area contributed by atoms with Gasteiger partial charge in [0, 0.05) is 52.6 Å². The summed E-state index contributed by atoms with van der Waals surface area (Å²) in [4.78, 5) is 33.7. The molecule has 0 aliphatic carbocycles. The topological polar surface area (TPSA) is 66.0 Å². The first-order valence-corrected chi connectivity index (χ1v) is 11.3. The van der Waals surface area contributed by atoms with Gasteiger partial charge in [-0.25, -0.2) is 4.98 Å². The van der Waals surface area contributed by atoms with Gasteiger partial charge in [0.25, 0.3) is 5.91 Å². The Hall–Kier alpha value is -3.14. The average molecular weight is 474 g/mol. The molecule has 180 valence electrons. The van der Waals surface area contributed by atoms with Gasteiger partial charge in [-0.1, -0.05) is 18.2 Å². The summed E-state index contributed by atoms with van der Waals surface area (Å²) in [5, 5.41) is 0. The van der Waals surface area contributed by atoms with Crippen LogP contribution in [0.3, 0.4) is 0 Å². The van der Waals surface area contributed by atoms with Crippen molar-refractivity contribution in [3.8, 4) is 0 Å². The van der Waals surface area contributed by atoms with E-state index in [2.05, 4.69) is 9.88 Å². The molecule has 0 spiro atoms. The molecule has 0 bridgehead atoms. The van der Waals surface area contributed by atoms with Gasteiger partial charge in [-0.3, -0.25) is 9.59 Å². The van der Waals surface area contributed by atoms with Gasteiger partial charge in [-0.15, -0.1) is 0 Å². The number of fused-ring (bicyclic) bond motifs is 2. The van der Waals surface area contributed by atoms with Crippen molar-refractivity contribution in [1.82, 2.24) is 14.8 Å². The standard InChI is InChI=1S/C24H25F3N4O3/c1-34-19-13-30(14-19)21-9-18-12-31(22(32)20(18)10-28-21)11-15-2-3-16-4-6-29(7-5-17(16)8-15)23(33)24(25,26)27/h2-3,8-10,19H,4-7,11-14H2,1H3. The van der Waals surface area contributed by atoms with Crippen LogP contribution in [0, 0.1) is 0 Å². The Labute approximate surface area is 195 Å². The van der Waals surface area contributed by atoms with Crippen molar-refractivity contribution >= 4 is 17.6 Å². The maximum absolute atomic E-state index is 12.9. The van der Waals surface area contributed by atoms with Crippen molar-refractivity contribution in [2.45, 2.75) is 38.2 Å². The number of aromatic nitrogens is 1. The van der Waals surface area contributed by atoms with Gasteiger partial charge in [-0.05, 0) is 41.2 Å². The first-order chi connectivity index (χ1) is 16.2. The molecular formula is C24H25F3N4O3. The highest BCUT2D eigenvalue weighted by Crippen LogP contribution is 2.30. The Morgan fingerprint density at radius 2 is 1.85 bits per heavy atom. The molecule has 0 radical (unpaired) electrons. The van der Waals surface area contributed by atoms with Gasteiger partial charge in [0.05, 0.1) is 11.7 Å². The number of methoxy groups -OCH3 is 1. The number of nitrogens with zero attached hydrogens (tertiary/aromatic N) is 4. The molecule has 3 aliphatic heterocycles. The predicted octanol–water partition coefficient (Wildman–Crippen LogP) is 2.56. The molecule has 0 N–H and O–H groups in total. The number of amides is 2. The number of carbonyl (C=O) groups excluding carboxylic acids is 2. The van der Waals surface area contributed by atoms with E-state index in [9.17, 15) is 22.8 Å². The number of pyridine rings is 1. The minimum absolute atomic E-state index is 0.0256. The predicted molar refractivity (Wildman–Crippen MR) is 117 cm³/mol. The largest absolute Gasteiger partial charge is 0.471 e. The van der Waals surface area contributed by atoms with Crippen LogP contribution in [-0.2, 0) is 35.5 Å². The van der Waals surface area contributed by atoms with Crippen LogP contribution in [0.1, 0.15) is 32.6 Å². The van der Waals surface area contributed by atoms with E-state index < -0.39 is 12.1 Å². The van der Waals surface area contributed by atoms with Crippen molar-refractivity contribution in [1.29, 1.82) is 0 Å². The van der Waals surface area contributed by atoms with Crippen molar-refractivity contribution in [3.63, 3.8) is 0 Å². The summed E-state index contributed by atoms with van der Waals surface area (Å²) in [5.74, 6) is -1.03. The number of rotatable bonds is 4. The van der Waals surface area contributed by atoms with Crippen LogP contribution in [-0.4, -0.2) is 72.2 Å². The van der Waals surface area contributed by atoms with Crippen LogP contribution in [0.15, 0.2) is 30.5 Å². The molecule has 3 aliphatic rings. The number of halogens is 3. The molecule has 1 aromatic carbocycles. The number of anilines is 1. The third-order valence-corrected chi connectivity index (χ3v) is 6.84. The molecule has 2 aromatic rings. The summed E-state index contributed by atoms with van der Waals surface area (Å²) < 4.78 is 43.8. The van der Waals surface area contributed by atoms with Gasteiger partial charge in [0.1, 0.15) is 5.82 Å². The molecule has 4 heterocycles. The molecule has 2 amide bonds. The van der Waals surface area contributed by atoms with Crippen molar-refractivity contribution in [3.05, 3.63) is 58.3 Å². The molecule has 1 saturated heterocycles. The second kappa shape index (κ2) is 8.57. The lowest BCUT2D eigenvalue weighted by molar-refractivity contribution is -0.185. The highest BCUT2D eigenvalue weighted by molar-refractivity contribution is 5.98. The highest BCUT2D eigenvalue weighted by atomic mass is 19.4. The van der Waals surface area contributed by atoms with E-state index in [1.807, 2.05) is 24.3 Å². The summed E-state index contributed by atoms with van der Waals surface area (Å²) in [6.07, 6.45) is -2.29. The molecule has 1 aromatic heterocycles. The Bertz CT molecular complexity index is 1130. The van der Waals surface area contributed by atoms with E-state index in [0.717, 1.165) is 46.1 Å². The van der Waals surface area contributed by atoms with E-state index in [1.54, 1.807) is 18.2 Å². The molecule has 0 saturated carbocycles. The smallest absolute Gasteiger partial charge is 0.378 e. The molecule has 0 unspecified atom stereocenters. The highest BCUT2D eigenvalue weighted by Gasteiger charge is 2.42. The Morgan fingerprint density at radius 3 is 2.56 bits per heavy atom. The first kappa shape index (κ1) is 22.6. The van der Waals surface area contributed by atoms with Crippen LogP contribution in [0.4, 0.5) is 19.0 Å². The summed E-state index contributed by atoms with van der Waals surface area (Å²) in [7, 11) is 1.69. The number of ether oxygens (including phenoxy) is 1. The third-order valence-electron chi connectivity index (χ3n) is 6.84. The van der Waals surface area contributed by atoms with Gasteiger partial charge in [0.2, 0.25) is 0 Å². The van der Waals surface area contributed by atoms with Crippen molar-refractivity contribution in [2.24, 2.45) is 0 Å². The minimum atomic E-state index is -4.86. The molecule has 34 heavy (non-hydrogen) atoms. The van der Waals surface area contributed by atoms with Crippen LogP contribution < -0.4 is 4.90 Å². The first-order valence-electron chi connectivity index (χ1n) is 11.3. The van der Waals surface area contributed by atoms with E-state index in [1.165, 1.54) is 0 Å². The zero-order valence-electron chi connectivity index (χ0n) is 18.8. The molecule has 7 nitrogen and oxygen atoms in total. The van der Waals surface area contributed by atoms with Gasteiger partial charge < -0.3 is 19.4 Å². The fraction of sp³-hybridized carbons (Fsp3) is 0.458. The zero-order chi connectivity index (χ0) is 24.0. The van der Waals surface area contributed by atoms with E-state index in [-0.39, 0.29) is 25.1 Å². The monoisotopic (exact) mass is 474 g/mol. The normalized spacial score (nSPS) is 18.5. The Morgan fingerprint density at radius 1 is 1.12 bits per heavy atom. The van der Waals surface area contributed by atoms with E-state index in [0.29, 0.717) is 31.5 Å². The molecule has 0 atom stereocenters. The van der Waals surface area contributed by atoms with Crippen LogP contribution in [0.5, 0.6) is 0 Å². The summed E-state index contributed by atoms with van der Waals surface area (Å²) in [6.45, 7) is 2.51. The minimum Gasteiger partial charge on any atom is -0.378 e. The lowest BCUT2D eigenvalue weighted by Crippen LogP contribution is -2.52. The van der Waals surface area contributed by atoms with Crippen LogP contribution in [0.2, 0.25) is 0 Å². The lowest BCUT2D eigenvalue weighted by Gasteiger charge is -2.39. The van der Waals surface area contributed by atoms with Crippen molar-refractivity contribution < 1.29 is 27.5 Å². The zero-order valence-corrected chi connectivity index (χ0v) is 18.8. The van der Waals surface area contributed by atoms with Crippen LogP contribution >= 0.6 is 0 Å². The van der Waals surface area contributed by atoms with Gasteiger partial charge in [0.15, 0.2) is 0 Å². The lowest BCUT2D eigenvalue weighted by atomic mass is 10.00.